The Balaban J connectivity index is 1.17. The van der Waals surface area contributed by atoms with E-state index in [1.807, 2.05) is 17.0 Å². The Bertz CT molecular complexity index is 807. The number of rotatable bonds is 6. The number of amides is 1. The van der Waals surface area contributed by atoms with Crippen LogP contribution < -0.4 is 0 Å². The Morgan fingerprint density at radius 3 is 2.13 bits per heavy atom. The third-order valence-corrected chi connectivity index (χ3v) is 6.57. The molecule has 30 heavy (non-hydrogen) atoms. The van der Waals surface area contributed by atoms with Crippen molar-refractivity contribution in [2.24, 2.45) is 0 Å². The number of nitrogens with zero attached hydrogens (tertiary/aromatic N) is 2. The quantitative estimate of drug-likeness (QED) is 0.720. The second kappa shape index (κ2) is 10.2. The summed E-state index contributed by atoms with van der Waals surface area (Å²) < 4.78 is 6.43. The standard InChI is InChI=1S/C26H34N2O2/c1-21-7-5-6-10-23(21)19-26(29)28-17-13-25(14-18-28)30-24-11-15-27(16-12-24)20-22-8-3-2-4-9-22/h2-10,24-25H,11-20H2,1H3. The van der Waals surface area contributed by atoms with Crippen molar-refractivity contribution in [1.29, 1.82) is 0 Å². The first-order valence-corrected chi connectivity index (χ1v) is 11.4. The van der Waals surface area contributed by atoms with Crippen molar-refractivity contribution in [3.05, 3.63) is 71.3 Å². The fraction of sp³-hybridized carbons (Fsp3) is 0.500. The van der Waals surface area contributed by atoms with E-state index in [0.29, 0.717) is 18.6 Å². The van der Waals surface area contributed by atoms with Gasteiger partial charge in [-0.15, -0.1) is 0 Å². The van der Waals surface area contributed by atoms with Crippen molar-refractivity contribution in [1.82, 2.24) is 9.80 Å². The highest BCUT2D eigenvalue weighted by Crippen LogP contribution is 2.22. The van der Waals surface area contributed by atoms with E-state index in [-0.39, 0.29) is 5.91 Å². The minimum Gasteiger partial charge on any atom is -0.375 e. The third kappa shape index (κ3) is 5.71. The zero-order chi connectivity index (χ0) is 20.8. The van der Waals surface area contributed by atoms with Gasteiger partial charge in [0.15, 0.2) is 0 Å². The molecule has 0 spiro atoms. The zero-order valence-electron chi connectivity index (χ0n) is 18.1. The summed E-state index contributed by atoms with van der Waals surface area (Å²) in [5.74, 6) is 0.247. The molecule has 0 saturated carbocycles. The van der Waals surface area contributed by atoms with Crippen LogP contribution in [0.1, 0.15) is 42.4 Å². The average Bonchev–Trinajstić information content (AvgIpc) is 2.78. The lowest BCUT2D eigenvalue weighted by atomic mass is 10.0. The summed E-state index contributed by atoms with van der Waals surface area (Å²) in [6.07, 6.45) is 5.33. The van der Waals surface area contributed by atoms with Gasteiger partial charge in [-0.1, -0.05) is 54.6 Å². The maximum atomic E-state index is 12.7. The van der Waals surface area contributed by atoms with Gasteiger partial charge in [-0.25, -0.2) is 0 Å². The molecule has 2 heterocycles. The topological polar surface area (TPSA) is 32.8 Å². The van der Waals surface area contributed by atoms with Gasteiger partial charge in [0, 0.05) is 32.7 Å². The van der Waals surface area contributed by atoms with Crippen LogP contribution in [0.25, 0.3) is 0 Å². The minimum atomic E-state index is 0.247. The molecular weight excluding hydrogens is 372 g/mol. The fourth-order valence-electron chi connectivity index (χ4n) is 4.64. The van der Waals surface area contributed by atoms with Crippen LogP contribution in [0.3, 0.4) is 0 Å². The molecule has 2 aromatic rings. The highest BCUT2D eigenvalue weighted by molar-refractivity contribution is 5.79. The highest BCUT2D eigenvalue weighted by Gasteiger charge is 2.27. The number of carbonyl (C=O) groups is 1. The molecular formula is C26H34N2O2. The molecule has 2 aromatic carbocycles. The van der Waals surface area contributed by atoms with Crippen molar-refractivity contribution in [3.8, 4) is 0 Å². The van der Waals surface area contributed by atoms with Crippen LogP contribution in [0.15, 0.2) is 54.6 Å². The maximum absolute atomic E-state index is 12.7. The van der Waals surface area contributed by atoms with Crippen LogP contribution in [-0.4, -0.2) is 54.1 Å². The molecule has 0 radical (unpaired) electrons. The van der Waals surface area contributed by atoms with Crippen LogP contribution in [0.2, 0.25) is 0 Å². The lowest BCUT2D eigenvalue weighted by Gasteiger charge is -2.37. The monoisotopic (exact) mass is 406 g/mol. The van der Waals surface area contributed by atoms with Crippen molar-refractivity contribution >= 4 is 5.91 Å². The summed E-state index contributed by atoms with van der Waals surface area (Å²) in [5, 5.41) is 0. The molecule has 0 aromatic heterocycles. The number of hydrogen-bond donors (Lipinski definition) is 0. The van der Waals surface area contributed by atoms with Crippen molar-refractivity contribution < 1.29 is 9.53 Å². The number of hydrogen-bond acceptors (Lipinski definition) is 3. The van der Waals surface area contributed by atoms with Crippen LogP contribution in [0.4, 0.5) is 0 Å². The Morgan fingerprint density at radius 1 is 0.867 bits per heavy atom. The van der Waals surface area contributed by atoms with E-state index in [1.165, 1.54) is 11.1 Å². The largest absolute Gasteiger partial charge is 0.375 e. The van der Waals surface area contributed by atoms with Gasteiger partial charge in [0.05, 0.1) is 18.6 Å². The minimum absolute atomic E-state index is 0.247. The molecule has 0 atom stereocenters. The van der Waals surface area contributed by atoms with E-state index in [9.17, 15) is 4.79 Å². The lowest BCUT2D eigenvalue weighted by Crippen LogP contribution is -2.44. The summed E-state index contributed by atoms with van der Waals surface area (Å²) in [7, 11) is 0. The molecule has 2 saturated heterocycles. The van der Waals surface area contributed by atoms with Crippen LogP contribution in [0, 0.1) is 6.92 Å². The predicted molar refractivity (Wildman–Crippen MR) is 120 cm³/mol. The van der Waals surface area contributed by atoms with E-state index >= 15 is 0 Å². The Hall–Kier alpha value is -2.17. The lowest BCUT2D eigenvalue weighted by molar-refractivity contribution is -0.134. The molecule has 2 aliphatic heterocycles. The van der Waals surface area contributed by atoms with Gasteiger partial charge in [0.1, 0.15) is 0 Å². The van der Waals surface area contributed by atoms with Gasteiger partial charge in [-0.3, -0.25) is 9.69 Å². The number of benzene rings is 2. The van der Waals surface area contributed by atoms with Gasteiger partial charge in [-0.2, -0.15) is 0 Å². The predicted octanol–water partition coefficient (Wildman–Crippen LogP) is 4.21. The molecule has 0 aliphatic carbocycles. The van der Waals surface area contributed by atoms with E-state index in [4.69, 9.17) is 4.74 Å². The van der Waals surface area contributed by atoms with E-state index in [1.54, 1.807) is 0 Å². The molecule has 0 unspecified atom stereocenters. The van der Waals surface area contributed by atoms with Crippen molar-refractivity contribution in [2.75, 3.05) is 26.2 Å². The SMILES string of the molecule is Cc1ccccc1CC(=O)N1CCC(OC2CCN(Cc3ccccc3)CC2)CC1. The van der Waals surface area contributed by atoms with Gasteiger partial charge in [0.2, 0.25) is 5.91 Å². The number of ether oxygens (including phenoxy) is 1. The zero-order valence-corrected chi connectivity index (χ0v) is 18.1. The summed E-state index contributed by atoms with van der Waals surface area (Å²) in [6, 6.07) is 18.9. The summed E-state index contributed by atoms with van der Waals surface area (Å²) >= 11 is 0. The first kappa shape index (κ1) is 21.1. The highest BCUT2D eigenvalue weighted by atomic mass is 16.5. The van der Waals surface area contributed by atoms with Crippen LogP contribution >= 0.6 is 0 Å². The first-order valence-electron chi connectivity index (χ1n) is 11.4. The summed E-state index contributed by atoms with van der Waals surface area (Å²) in [6.45, 7) is 6.97. The Labute approximate surface area is 180 Å². The van der Waals surface area contributed by atoms with E-state index in [2.05, 4.69) is 54.3 Å². The van der Waals surface area contributed by atoms with Gasteiger partial charge < -0.3 is 9.64 Å². The summed E-state index contributed by atoms with van der Waals surface area (Å²) in [4.78, 5) is 17.2. The van der Waals surface area contributed by atoms with Crippen molar-refractivity contribution in [3.63, 3.8) is 0 Å². The molecule has 0 N–H and O–H groups in total. The number of aryl methyl sites for hydroxylation is 1. The molecule has 2 fully saturated rings. The number of piperidine rings is 2. The molecule has 0 bridgehead atoms. The Kier molecular flexibility index (Phi) is 7.19. The smallest absolute Gasteiger partial charge is 0.227 e. The van der Waals surface area contributed by atoms with Crippen LogP contribution in [-0.2, 0) is 22.5 Å². The van der Waals surface area contributed by atoms with E-state index in [0.717, 1.165) is 64.0 Å². The normalized spacial score (nSPS) is 19.2. The molecule has 160 valence electrons. The molecule has 4 nitrogen and oxygen atoms in total. The molecule has 4 heteroatoms. The number of carbonyl (C=O) groups excluding carboxylic acids is 1. The second-order valence-corrected chi connectivity index (χ2v) is 8.78. The molecule has 2 aliphatic rings. The van der Waals surface area contributed by atoms with E-state index < -0.39 is 0 Å². The number of likely N-dealkylation sites (tertiary alicyclic amines) is 2. The fourth-order valence-corrected chi connectivity index (χ4v) is 4.64. The molecule has 1 amide bonds. The Morgan fingerprint density at radius 2 is 1.47 bits per heavy atom. The first-order chi connectivity index (χ1) is 14.7. The third-order valence-electron chi connectivity index (χ3n) is 6.57. The summed E-state index contributed by atoms with van der Waals surface area (Å²) in [5.41, 5.74) is 3.73. The molecule has 4 rings (SSSR count). The average molecular weight is 407 g/mol. The van der Waals surface area contributed by atoms with Gasteiger partial charge >= 0.3 is 0 Å². The maximum Gasteiger partial charge on any atom is 0.227 e. The van der Waals surface area contributed by atoms with Crippen molar-refractivity contribution in [2.45, 2.75) is 57.8 Å². The second-order valence-electron chi connectivity index (χ2n) is 8.78. The van der Waals surface area contributed by atoms with Gasteiger partial charge in [-0.05, 0) is 49.3 Å². The van der Waals surface area contributed by atoms with Gasteiger partial charge in [0.25, 0.3) is 0 Å². The van der Waals surface area contributed by atoms with Crippen LogP contribution in [0.5, 0.6) is 0 Å².